The second-order valence-corrected chi connectivity index (χ2v) is 17.6. The van der Waals surface area contributed by atoms with E-state index in [1.54, 1.807) is 19.2 Å². The molecule has 0 aliphatic carbocycles. The van der Waals surface area contributed by atoms with Gasteiger partial charge in [0, 0.05) is 11.6 Å². The molecule has 2 heterocycles. The number of benzene rings is 6. The number of phenolic OH excluding ortho intramolecular Hbond substituents is 1. The summed E-state index contributed by atoms with van der Waals surface area (Å²) in [5.41, 5.74) is 5.32. The topological polar surface area (TPSA) is 111 Å². The van der Waals surface area contributed by atoms with E-state index in [-0.39, 0.29) is 37.6 Å². The lowest BCUT2D eigenvalue weighted by atomic mass is 9.87. The number of phenols is 1. The number of ether oxygens (including phenoxy) is 8. The summed E-state index contributed by atoms with van der Waals surface area (Å²) in [5.74, 6) is 1.04. The van der Waals surface area contributed by atoms with Crippen molar-refractivity contribution in [1.82, 2.24) is 0 Å². The molecule has 0 bridgehead atoms. The molecular weight excluding hydrogens is 821 g/mol. The minimum atomic E-state index is -0.900. The van der Waals surface area contributed by atoms with Gasteiger partial charge >= 0.3 is 5.97 Å². The number of carbonyl (C=O) groups is 1. The first-order valence-electron chi connectivity index (χ1n) is 22.3. The van der Waals surface area contributed by atoms with E-state index in [2.05, 4.69) is 0 Å². The Morgan fingerprint density at radius 2 is 1.17 bits per heavy atom. The molecule has 6 aromatic rings. The van der Waals surface area contributed by atoms with Crippen molar-refractivity contribution < 1.29 is 47.8 Å². The molecule has 10 nitrogen and oxygen atoms in total. The first-order chi connectivity index (χ1) is 31.6. The van der Waals surface area contributed by atoms with Crippen LogP contribution in [0.1, 0.15) is 78.3 Å². The minimum absolute atomic E-state index is 0.00923. The Kier molecular flexibility index (Phi) is 14.9. The van der Waals surface area contributed by atoms with Gasteiger partial charge in [0.2, 0.25) is 0 Å². The molecule has 1 fully saturated rings. The van der Waals surface area contributed by atoms with E-state index >= 15 is 0 Å². The van der Waals surface area contributed by atoms with Gasteiger partial charge in [0.05, 0.1) is 51.1 Å². The van der Waals surface area contributed by atoms with Gasteiger partial charge in [-0.2, -0.15) is 0 Å². The van der Waals surface area contributed by atoms with Crippen LogP contribution in [0.15, 0.2) is 152 Å². The van der Waals surface area contributed by atoms with E-state index < -0.39 is 35.9 Å². The van der Waals surface area contributed by atoms with E-state index in [4.69, 9.17) is 37.9 Å². The fourth-order valence-electron chi connectivity index (χ4n) is 8.23. The van der Waals surface area contributed by atoms with Crippen molar-refractivity contribution >= 4 is 5.97 Å². The SMILES string of the molecule is COc1cc2c(c(O)c1[C@@H]1O[C@H](COCc3ccccc3)[C@@H](OCc3ccccc3)[C@H](OCc3ccccc3)[C@H]1OCc1ccccc1)CCC(c1ccc(OC(=O)C(C)(C)C)cc1)O2. The molecule has 1 saturated heterocycles. The van der Waals surface area contributed by atoms with E-state index in [1.165, 1.54) is 0 Å². The van der Waals surface area contributed by atoms with Crippen molar-refractivity contribution in [2.45, 2.75) is 96.7 Å². The van der Waals surface area contributed by atoms with Gasteiger partial charge in [0.25, 0.3) is 0 Å². The minimum Gasteiger partial charge on any atom is -0.507 e. The number of esters is 1. The van der Waals surface area contributed by atoms with Crippen LogP contribution in [0.4, 0.5) is 0 Å². The van der Waals surface area contributed by atoms with Gasteiger partial charge in [-0.3, -0.25) is 4.79 Å². The van der Waals surface area contributed by atoms with Gasteiger partial charge in [-0.05, 0) is 73.6 Å². The third-order valence-electron chi connectivity index (χ3n) is 11.8. The van der Waals surface area contributed by atoms with Gasteiger partial charge in [0.15, 0.2) is 0 Å². The number of rotatable bonds is 17. The lowest BCUT2D eigenvalue weighted by Crippen LogP contribution is -2.58. The van der Waals surface area contributed by atoms with Crippen LogP contribution in [-0.4, -0.2) is 49.2 Å². The van der Waals surface area contributed by atoms with Crippen molar-refractivity contribution in [2.24, 2.45) is 5.41 Å². The second-order valence-electron chi connectivity index (χ2n) is 17.6. The lowest BCUT2D eigenvalue weighted by molar-refractivity contribution is -0.275. The zero-order chi connectivity index (χ0) is 45.2. The molecule has 0 amide bonds. The monoisotopic (exact) mass is 878 g/mol. The predicted octanol–water partition coefficient (Wildman–Crippen LogP) is 10.8. The molecule has 0 spiro atoms. The summed E-state index contributed by atoms with van der Waals surface area (Å²) in [6, 6.07) is 49.2. The maximum absolute atomic E-state index is 12.5. The van der Waals surface area contributed by atoms with Crippen molar-refractivity contribution in [3.63, 3.8) is 0 Å². The Morgan fingerprint density at radius 1 is 0.662 bits per heavy atom. The van der Waals surface area contributed by atoms with Crippen molar-refractivity contribution in [3.05, 3.63) is 191 Å². The van der Waals surface area contributed by atoms with Gasteiger partial charge in [-0.15, -0.1) is 0 Å². The number of hydrogen-bond acceptors (Lipinski definition) is 10. The molecule has 338 valence electrons. The maximum atomic E-state index is 12.5. The molecule has 1 unspecified atom stereocenters. The van der Waals surface area contributed by atoms with Crippen LogP contribution in [0.25, 0.3) is 0 Å². The summed E-state index contributed by atoms with van der Waals surface area (Å²) in [6.45, 7) is 6.79. The van der Waals surface area contributed by atoms with Crippen LogP contribution in [0.5, 0.6) is 23.0 Å². The summed E-state index contributed by atoms with van der Waals surface area (Å²) in [7, 11) is 1.57. The average Bonchev–Trinajstić information content (AvgIpc) is 3.33. The third-order valence-corrected chi connectivity index (χ3v) is 11.8. The predicted molar refractivity (Wildman–Crippen MR) is 247 cm³/mol. The molecule has 10 heteroatoms. The van der Waals surface area contributed by atoms with Crippen LogP contribution < -0.4 is 14.2 Å². The number of methoxy groups -OCH3 is 1. The highest BCUT2D eigenvalue weighted by atomic mass is 16.6. The van der Waals surface area contributed by atoms with Crippen LogP contribution >= 0.6 is 0 Å². The van der Waals surface area contributed by atoms with Gasteiger partial charge in [0.1, 0.15) is 59.6 Å². The highest BCUT2D eigenvalue weighted by molar-refractivity contribution is 5.77. The Morgan fingerprint density at radius 3 is 1.69 bits per heavy atom. The normalized spacial score (nSPS) is 20.6. The molecule has 6 atom stereocenters. The Hall–Kier alpha value is -6.01. The van der Waals surface area contributed by atoms with Crippen LogP contribution in [0.2, 0.25) is 0 Å². The number of carbonyl (C=O) groups excluding carboxylic acids is 1. The maximum Gasteiger partial charge on any atom is 0.316 e. The standard InChI is InChI=1S/C55H58O10/c1-55(2,3)54(57)63-42-27-25-41(26-28-42)44-30-29-43-45(64-44)31-46(58-4)48(49(43)56)51-53(62-35-40-23-15-8-16-24-40)52(61-34-39-21-13-7-14-22-39)50(60-33-38-19-11-6-12-20-38)47(65-51)36-59-32-37-17-9-5-10-18-37/h5-28,31,44,47,50-53,56H,29-30,32-36H2,1-4H3/t44?,47-,50-,51+,52+,53+/m1/s1. The van der Waals surface area contributed by atoms with Crippen molar-refractivity contribution in [1.29, 1.82) is 0 Å². The molecule has 0 radical (unpaired) electrons. The first kappa shape index (κ1) is 45.6. The highest BCUT2D eigenvalue weighted by Crippen LogP contribution is 2.51. The fourth-order valence-corrected chi connectivity index (χ4v) is 8.23. The lowest BCUT2D eigenvalue weighted by Gasteiger charge is -2.47. The zero-order valence-electron chi connectivity index (χ0n) is 37.5. The largest absolute Gasteiger partial charge is 0.507 e. The molecular formula is C55H58O10. The quantitative estimate of drug-likeness (QED) is 0.0702. The Balaban J connectivity index is 1.15. The smallest absolute Gasteiger partial charge is 0.316 e. The van der Waals surface area contributed by atoms with E-state index in [9.17, 15) is 9.90 Å². The molecule has 65 heavy (non-hydrogen) atoms. The van der Waals surface area contributed by atoms with E-state index in [0.717, 1.165) is 27.8 Å². The molecule has 2 aliphatic rings. The summed E-state index contributed by atoms with van der Waals surface area (Å²) in [4.78, 5) is 12.5. The van der Waals surface area contributed by atoms with Gasteiger partial charge in [-0.1, -0.05) is 133 Å². The fraction of sp³-hybridized carbons (Fsp3) is 0.327. The van der Waals surface area contributed by atoms with Gasteiger partial charge < -0.3 is 43.0 Å². The summed E-state index contributed by atoms with van der Waals surface area (Å²) < 4.78 is 52.8. The third kappa shape index (κ3) is 11.5. The van der Waals surface area contributed by atoms with E-state index in [1.807, 2.05) is 160 Å². The highest BCUT2D eigenvalue weighted by Gasteiger charge is 2.51. The number of fused-ring (bicyclic) bond motifs is 1. The van der Waals surface area contributed by atoms with E-state index in [0.29, 0.717) is 54.4 Å². The van der Waals surface area contributed by atoms with Crippen molar-refractivity contribution in [2.75, 3.05) is 13.7 Å². The average molecular weight is 879 g/mol. The number of hydrogen-bond donors (Lipinski definition) is 1. The van der Waals surface area contributed by atoms with Crippen LogP contribution in [0, 0.1) is 5.41 Å². The molecule has 0 aromatic heterocycles. The molecule has 1 N–H and O–H groups in total. The molecule has 2 aliphatic heterocycles. The molecule has 6 aromatic carbocycles. The zero-order valence-corrected chi connectivity index (χ0v) is 37.5. The summed E-state index contributed by atoms with van der Waals surface area (Å²) in [6.07, 6.45) is -2.97. The van der Waals surface area contributed by atoms with Crippen LogP contribution in [-0.2, 0) is 61.3 Å². The van der Waals surface area contributed by atoms with Gasteiger partial charge in [-0.25, -0.2) is 0 Å². The van der Waals surface area contributed by atoms with Crippen molar-refractivity contribution in [3.8, 4) is 23.0 Å². The summed E-state index contributed by atoms with van der Waals surface area (Å²) >= 11 is 0. The molecule has 0 saturated carbocycles. The van der Waals surface area contributed by atoms with Crippen LogP contribution in [0.3, 0.4) is 0 Å². The first-order valence-corrected chi connectivity index (χ1v) is 22.3. The second kappa shape index (κ2) is 21.3. The summed E-state index contributed by atoms with van der Waals surface area (Å²) in [5, 5.41) is 12.5. The Bertz CT molecular complexity index is 2420. The Labute approximate surface area is 382 Å². The number of aromatic hydroxyl groups is 1. The molecule has 8 rings (SSSR count).